The summed E-state index contributed by atoms with van der Waals surface area (Å²) >= 11 is 1.28. The van der Waals surface area contributed by atoms with E-state index in [0.717, 1.165) is 30.7 Å². The Kier molecular flexibility index (Phi) is 5.64. The van der Waals surface area contributed by atoms with Crippen molar-refractivity contribution in [2.75, 3.05) is 12.3 Å². The molecule has 2 aromatic heterocycles. The molecule has 0 unspecified atom stereocenters. The normalized spacial score (nSPS) is 13.5. The van der Waals surface area contributed by atoms with Crippen molar-refractivity contribution in [3.8, 4) is 11.4 Å². The van der Waals surface area contributed by atoms with Crippen molar-refractivity contribution in [1.82, 2.24) is 30.4 Å². The molecule has 132 valence electrons. The van der Waals surface area contributed by atoms with Crippen LogP contribution in [0, 0.1) is 0 Å². The second kappa shape index (κ2) is 8.11. The fourth-order valence-electron chi connectivity index (χ4n) is 2.30. The van der Waals surface area contributed by atoms with Gasteiger partial charge in [-0.1, -0.05) is 18.7 Å². The zero-order valence-corrected chi connectivity index (χ0v) is 14.8. The summed E-state index contributed by atoms with van der Waals surface area (Å²) in [5, 5.41) is 14.1. The van der Waals surface area contributed by atoms with Gasteiger partial charge in [0.15, 0.2) is 11.0 Å². The maximum atomic E-state index is 11.9. The topological polar surface area (TPSA) is 102 Å². The quantitative estimate of drug-likeness (QED) is 0.732. The van der Waals surface area contributed by atoms with Crippen LogP contribution in [-0.2, 0) is 4.79 Å². The molecule has 0 bridgehead atoms. The number of imide groups is 1. The second-order valence-electron chi connectivity index (χ2n) is 5.74. The summed E-state index contributed by atoms with van der Waals surface area (Å²) in [4.78, 5) is 27.5. The van der Waals surface area contributed by atoms with E-state index in [1.807, 2.05) is 19.1 Å². The van der Waals surface area contributed by atoms with E-state index in [1.54, 1.807) is 12.4 Å². The van der Waals surface area contributed by atoms with E-state index in [1.165, 1.54) is 11.8 Å². The molecule has 1 aliphatic carbocycles. The largest absolute Gasteiger partial charge is 0.338 e. The Hall–Kier alpha value is -2.42. The molecule has 0 aromatic carbocycles. The number of aromatic nitrogens is 4. The molecule has 0 atom stereocenters. The SMILES string of the molecule is CCCNC(=O)NC(=O)CSc1nnc(-c2cccnc2)n1C1CC1. The first-order valence-corrected chi connectivity index (χ1v) is 9.23. The summed E-state index contributed by atoms with van der Waals surface area (Å²) in [7, 11) is 0. The lowest BCUT2D eigenvalue weighted by molar-refractivity contribution is -0.117. The van der Waals surface area contributed by atoms with E-state index >= 15 is 0 Å². The number of thioether (sulfide) groups is 1. The summed E-state index contributed by atoms with van der Waals surface area (Å²) in [6, 6.07) is 3.70. The molecule has 2 heterocycles. The molecule has 1 fully saturated rings. The summed E-state index contributed by atoms with van der Waals surface area (Å²) in [6.45, 7) is 2.49. The van der Waals surface area contributed by atoms with Crippen LogP contribution in [0.1, 0.15) is 32.2 Å². The molecule has 8 nitrogen and oxygen atoms in total. The minimum Gasteiger partial charge on any atom is -0.338 e. The predicted octanol–water partition coefficient (Wildman–Crippen LogP) is 2.00. The molecule has 0 saturated heterocycles. The molecule has 1 aliphatic rings. The highest BCUT2D eigenvalue weighted by molar-refractivity contribution is 7.99. The zero-order valence-electron chi connectivity index (χ0n) is 13.9. The molecule has 25 heavy (non-hydrogen) atoms. The fourth-order valence-corrected chi connectivity index (χ4v) is 3.11. The van der Waals surface area contributed by atoms with Gasteiger partial charge in [0, 0.05) is 30.5 Å². The van der Waals surface area contributed by atoms with Crippen LogP contribution in [0.25, 0.3) is 11.4 Å². The highest BCUT2D eigenvalue weighted by Crippen LogP contribution is 2.40. The third-order valence-corrected chi connectivity index (χ3v) is 4.56. The standard InChI is InChI=1S/C16H20N6O2S/c1-2-7-18-15(24)19-13(23)10-25-16-21-20-14(22(16)12-5-6-12)11-4-3-8-17-9-11/h3-4,8-9,12H,2,5-7,10H2,1H3,(H2,18,19,23,24). The fraction of sp³-hybridized carbons (Fsp3) is 0.438. The van der Waals surface area contributed by atoms with Crippen LogP contribution in [0.3, 0.4) is 0 Å². The molecular weight excluding hydrogens is 340 g/mol. The van der Waals surface area contributed by atoms with Crippen molar-refractivity contribution in [2.45, 2.75) is 37.4 Å². The lowest BCUT2D eigenvalue weighted by atomic mass is 10.3. The van der Waals surface area contributed by atoms with E-state index in [4.69, 9.17) is 0 Å². The molecule has 0 spiro atoms. The van der Waals surface area contributed by atoms with Crippen molar-refractivity contribution in [2.24, 2.45) is 0 Å². The number of carbonyl (C=O) groups excluding carboxylic acids is 2. The van der Waals surface area contributed by atoms with E-state index in [0.29, 0.717) is 17.7 Å². The van der Waals surface area contributed by atoms with Gasteiger partial charge in [0.05, 0.1) is 5.75 Å². The Labute approximate surface area is 149 Å². The lowest BCUT2D eigenvalue weighted by Gasteiger charge is -2.09. The van der Waals surface area contributed by atoms with Gasteiger partial charge < -0.3 is 5.32 Å². The molecule has 3 amide bonds. The van der Waals surface area contributed by atoms with Gasteiger partial charge in [-0.3, -0.25) is 19.7 Å². The van der Waals surface area contributed by atoms with Crippen molar-refractivity contribution >= 4 is 23.7 Å². The van der Waals surface area contributed by atoms with E-state index in [-0.39, 0.29) is 11.7 Å². The molecular formula is C16H20N6O2S. The molecule has 0 aliphatic heterocycles. The summed E-state index contributed by atoms with van der Waals surface area (Å²) in [5.41, 5.74) is 0.900. The predicted molar refractivity (Wildman–Crippen MR) is 94.1 cm³/mol. The van der Waals surface area contributed by atoms with Gasteiger partial charge >= 0.3 is 6.03 Å². The number of pyridine rings is 1. The third-order valence-electron chi connectivity index (χ3n) is 3.62. The van der Waals surface area contributed by atoms with Crippen LogP contribution < -0.4 is 10.6 Å². The minimum atomic E-state index is -0.466. The average Bonchev–Trinajstić information content (AvgIpc) is 3.38. The van der Waals surface area contributed by atoms with Crippen molar-refractivity contribution in [1.29, 1.82) is 0 Å². The van der Waals surface area contributed by atoms with Crippen molar-refractivity contribution < 1.29 is 9.59 Å². The van der Waals surface area contributed by atoms with Crippen LogP contribution >= 0.6 is 11.8 Å². The highest BCUT2D eigenvalue weighted by Gasteiger charge is 2.30. The van der Waals surface area contributed by atoms with E-state index < -0.39 is 6.03 Å². The summed E-state index contributed by atoms with van der Waals surface area (Å²) in [5.74, 6) is 0.517. The van der Waals surface area contributed by atoms with Crippen LogP contribution in [-0.4, -0.2) is 44.0 Å². The number of hydrogen-bond acceptors (Lipinski definition) is 6. The number of nitrogens with one attached hydrogen (secondary N) is 2. The Morgan fingerprint density at radius 3 is 2.88 bits per heavy atom. The first-order chi connectivity index (χ1) is 12.2. The molecule has 2 N–H and O–H groups in total. The average molecular weight is 360 g/mol. The first kappa shape index (κ1) is 17.4. The summed E-state index contributed by atoms with van der Waals surface area (Å²) < 4.78 is 2.06. The van der Waals surface area contributed by atoms with Gasteiger partial charge in [-0.2, -0.15) is 0 Å². The second-order valence-corrected chi connectivity index (χ2v) is 6.68. The molecule has 9 heteroatoms. The molecule has 0 radical (unpaired) electrons. The Bertz CT molecular complexity index is 744. The van der Waals surface area contributed by atoms with Crippen LogP contribution in [0.4, 0.5) is 4.79 Å². The highest BCUT2D eigenvalue weighted by atomic mass is 32.2. The third kappa shape index (κ3) is 4.56. The van der Waals surface area contributed by atoms with Crippen LogP contribution in [0.2, 0.25) is 0 Å². The Morgan fingerprint density at radius 2 is 2.20 bits per heavy atom. The number of urea groups is 1. The van der Waals surface area contributed by atoms with Gasteiger partial charge in [-0.05, 0) is 31.4 Å². The van der Waals surface area contributed by atoms with Crippen LogP contribution in [0.5, 0.6) is 0 Å². The Balaban J connectivity index is 1.64. The zero-order chi connectivity index (χ0) is 17.6. The maximum Gasteiger partial charge on any atom is 0.321 e. The molecule has 2 aromatic rings. The Morgan fingerprint density at radius 1 is 1.36 bits per heavy atom. The van der Waals surface area contributed by atoms with Gasteiger partial charge in [0.1, 0.15) is 0 Å². The van der Waals surface area contributed by atoms with Crippen molar-refractivity contribution in [3.63, 3.8) is 0 Å². The monoisotopic (exact) mass is 360 g/mol. The van der Waals surface area contributed by atoms with Gasteiger partial charge in [-0.25, -0.2) is 4.79 Å². The molecule has 1 saturated carbocycles. The first-order valence-electron chi connectivity index (χ1n) is 8.24. The van der Waals surface area contributed by atoms with Gasteiger partial charge in [-0.15, -0.1) is 10.2 Å². The number of amides is 3. The number of hydrogen-bond donors (Lipinski definition) is 2. The van der Waals surface area contributed by atoms with E-state index in [2.05, 4.69) is 30.4 Å². The number of rotatable bonds is 7. The number of nitrogens with zero attached hydrogens (tertiary/aromatic N) is 4. The lowest BCUT2D eigenvalue weighted by Crippen LogP contribution is -2.40. The minimum absolute atomic E-state index is 0.109. The summed E-state index contributed by atoms with van der Waals surface area (Å²) in [6.07, 6.45) is 6.43. The van der Waals surface area contributed by atoms with Crippen LogP contribution in [0.15, 0.2) is 29.7 Å². The van der Waals surface area contributed by atoms with Gasteiger partial charge in [0.2, 0.25) is 5.91 Å². The number of carbonyl (C=O) groups is 2. The van der Waals surface area contributed by atoms with Crippen molar-refractivity contribution in [3.05, 3.63) is 24.5 Å². The smallest absolute Gasteiger partial charge is 0.321 e. The van der Waals surface area contributed by atoms with Gasteiger partial charge in [0.25, 0.3) is 0 Å². The molecule has 3 rings (SSSR count). The van der Waals surface area contributed by atoms with E-state index in [9.17, 15) is 9.59 Å². The maximum absolute atomic E-state index is 11.9.